The Hall–Kier alpha value is -1.13. The molecule has 0 aliphatic heterocycles. The highest BCUT2D eigenvalue weighted by molar-refractivity contribution is 6.34. The summed E-state index contributed by atoms with van der Waals surface area (Å²) < 4.78 is 13.7. The van der Waals surface area contributed by atoms with Crippen LogP contribution in [0.3, 0.4) is 0 Å². The second-order valence-corrected chi connectivity index (χ2v) is 5.83. The van der Waals surface area contributed by atoms with Gasteiger partial charge in [0.05, 0.1) is 0 Å². The lowest BCUT2D eigenvalue weighted by Crippen LogP contribution is -2.30. The molecule has 0 heterocycles. The average Bonchev–Trinajstić information content (AvgIpc) is 2.41. The first-order valence-electron chi connectivity index (χ1n) is 6.61. The molecule has 0 radical (unpaired) electrons. The molecule has 0 aliphatic carbocycles. The van der Waals surface area contributed by atoms with E-state index in [2.05, 4.69) is 0 Å². The van der Waals surface area contributed by atoms with Crippen LogP contribution in [0, 0.1) is 5.82 Å². The summed E-state index contributed by atoms with van der Waals surface area (Å²) in [4.78, 5) is 1.99. The van der Waals surface area contributed by atoms with Gasteiger partial charge in [0.2, 0.25) is 0 Å². The fourth-order valence-electron chi connectivity index (χ4n) is 2.34. The number of nitrogens with zero attached hydrogens (tertiary/aromatic N) is 1. The average molecular weight is 327 g/mol. The number of nitrogens with two attached hydrogens (primary N) is 1. The molecule has 0 aromatic heterocycles. The molecule has 0 saturated carbocycles. The molecule has 0 aliphatic rings. The zero-order chi connectivity index (χ0) is 15.4. The smallest absolute Gasteiger partial charge is 0.127 e. The van der Waals surface area contributed by atoms with Gasteiger partial charge in [-0.05, 0) is 36.9 Å². The number of halogens is 3. The molecule has 2 N–H and O–H groups in total. The van der Waals surface area contributed by atoms with Crippen molar-refractivity contribution in [1.82, 2.24) is 4.90 Å². The van der Waals surface area contributed by atoms with Crippen LogP contribution in [-0.4, -0.2) is 18.5 Å². The molecule has 0 amide bonds. The number of rotatable bonds is 5. The zero-order valence-electron chi connectivity index (χ0n) is 11.7. The summed E-state index contributed by atoms with van der Waals surface area (Å²) >= 11 is 12.1. The van der Waals surface area contributed by atoms with E-state index in [9.17, 15) is 4.39 Å². The Morgan fingerprint density at radius 3 is 2.33 bits per heavy atom. The number of likely N-dealkylation sites (N-methyl/N-ethyl adjacent to an activating group) is 1. The summed E-state index contributed by atoms with van der Waals surface area (Å²) in [5.74, 6) is -0.218. The first-order valence-corrected chi connectivity index (χ1v) is 7.36. The molecule has 5 heteroatoms. The lowest BCUT2D eigenvalue weighted by atomic mass is 10.0. The lowest BCUT2D eigenvalue weighted by Gasteiger charge is -2.28. The third-order valence-electron chi connectivity index (χ3n) is 3.40. The second-order valence-electron chi connectivity index (χ2n) is 4.96. The first-order chi connectivity index (χ1) is 10.0. The summed E-state index contributed by atoms with van der Waals surface area (Å²) in [5.41, 5.74) is 7.43. The summed E-state index contributed by atoms with van der Waals surface area (Å²) in [5, 5.41) is 1.13. The van der Waals surface area contributed by atoms with Crippen LogP contribution in [0.1, 0.15) is 17.2 Å². The summed E-state index contributed by atoms with van der Waals surface area (Å²) in [6.07, 6.45) is 0. The van der Waals surface area contributed by atoms with Gasteiger partial charge in [0.15, 0.2) is 0 Å². The molecule has 2 aromatic carbocycles. The van der Waals surface area contributed by atoms with Gasteiger partial charge in [0, 0.05) is 34.7 Å². The van der Waals surface area contributed by atoms with Crippen molar-refractivity contribution in [2.75, 3.05) is 13.6 Å². The number of hydrogen-bond acceptors (Lipinski definition) is 2. The molecule has 1 unspecified atom stereocenters. The predicted octanol–water partition coefficient (Wildman–Crippen LogP) is 4.26. The summed E-state index contributed by atoms with van der Waals surface area (Å²) in [6.45, 7) is 0.848. The normalized spacial score (nSPS) is 12.7. The van der Waals surface area contributed by atoms with Crippen LogP contribution in [0.2, 0.25) is 10.0 Å². The monoisotopic (exact) mass is 326 g/mol. The third kappa shape index (κ3) is 4.17. The van der Waals surface area contributed by atoms with Crippen molar-refractivity contribution in [2.45, 2.75) is 12.6 Å². The summed E-state index contributed by atoms with van der Waals surface area (Å²) in [6, 6.07) is 12.0. The fraction of sp³-hybridized carbons (Fsp3) is 0.250. The zero-order valence-corrected chi connectivity index (χ0v) is 13.2. The van der Waals surface area contributed by atoms with Gasteiger partial charge >= 0.3 is 0 Å². The molecule has 21 heavy (non-hydrogen) atoms. The van der Waals surface area contributed by atoms with Gasteiger partial charge in [-0.25, -0.2) is 4.39 Å². The highest BCUT2D eigenvalue weighted by Crippen LogP contribution is 2.27. The van der Waals surface area contributed by atoms with Crippen molar-refractivity contribution in [3.05, 3.63) is 69.5 Å². The molecule has 0 fully saturated rings. The molecule has 0 bridgehead atoms. The van der Waals surface area contributed by atoms with Crippen molar-refractivity contribution >= 4 is 23.2 Å². The van der Waals surface area contributed by atoms with E-state index < -0.39 is 0 Å². The molecule has 112 valence electrons. The maximum Gasteiger partial charge on any atom is 0.127 e. The molecule has 2 nitrogen and oxygen atoms in total. The minimum absolute atomic E-state index is 0.0826. The molecule has 0 spiro atoms. The van der Waals surface area contributed by atoms with Crippen LogP contribution in [0.25, 0.3) is 0 Å². The Morgan fingerprint density at radius 2 is 1.76 bits per heavy atom. The maximum absolute atomic E-state index is 13.7. The van der Waals surface area contributed by atoms with E-state index in [1.54, 1.807) is 18.2 Å². The predicted molar refractivity (Wildman–Crippen MR) is 86.1 cm³/mol. The minimum Gasteiger partial charge on any atom is -0.329 e. The van der Waals surface area contributed by atoms with Crippen LogP contribution in [-0.2, 0) is 6.54 Å². The highest BCUT2D eigenvalue weighted by atomic mass is 35.5. The van der Waals surface area contributed by atoms with Gasteiger partial charge in [-0.3, -0.25) is 4.90 Å². The van der Waals surface area contributed by atoms with Gasteiger partial charge < -0.3 is 5.73 Å². The topological polar surface area (TPSA) is 29.3 Å². The van der Waals surface area contributed by atoms with Crippen LogP contribution in [0.4, 0.5) is 4.39 Å². The van der Waals surface area contributed by atoms with E-state index in [0.717, 1.165) is 5.56 Å². The van der Waals surface area contributed by atoms with E-state index in [1.165, 1.54) is 6.07 Å². The largest absolute Gasteiger partial charge is 0.329 e. The summed E-state index contributed by atoms with van der Waals surface area (Å²) in [7, 11) is 1.90. The van der Waals surface area contributed by atoms with E-state index in [4.69, 9.17) is 28.9 Å². The van der Waals surface area contributed by atoms with E-state index in [0.29, 0.717) is 28.7 Å². The van der Waals surface area contributed by atoms with Crippen molar-refractivity contribution in [3.8, 4) is 0 Å². The van der Waals surface area contributed by atoms with E-state index >= 15 is 0 Å². The lowest BCUT2D eigenvalue weighted by molar-refractivity contribution is 0.238. The quantitative estimate of drug-likeness (QED) is 0.889. The van der Waals surface area contributed by atoms with Gasteiger partial charge in [-0.1, -0.05) is 41.4 Å². The van der Waals surface area contributed by atoms with E-state index in [1.807, 2.05) is 30.1 Å². The molecule has 2 aromatic rings. The van der Waals surface area contributed by atoms with Gasteiger partial charge in [-0.2, -0.15) is 0 Å². The number of hydrogen-bond donors (Lipinski definition) is 1. The van der Waals surface area contributed by atoms with Crippen molar-refractivity contribution in [1.29, 1.82) is 0 Å². The maximum atomic E-state index is 13.7. The Bertz CT molecular complexity index is 599. The second kappa shape index (κ2) is 7.23. The van der Waals surface area contributed by atoms with Gasteiger partial charge in [0.25, 0.3) is 0 Å². The van der Waals surface area contributed by atoms with Crippen LogP contribution in [0.15, 0.2) is 42.5 Å². The fourth-order valence-corrected chi connectivity index (χ4v) is 2.89. The van der Waals surface area contributed by atoms with Crippen molar-refractivity contribution in [2.24, 2.45) is 5.73 Å². The highest BCUT2D eigenvalue weighted by Gasteiger charge is 2.18. The van der Waals surface area contributed by atoms with E-state index in [-0.39, 0.29) is 11.9 Å². The Labute approximate surface area is 134 Å². The molecular weight excluding hydrogens is 310 g/mol. The molecular formula is C16H17Cl2FN2. The van der Waals surface area contributed by atoms with Crippen LogP contribution >= 0.6 is 23.2 Å². The molecule has 2 rings (SSSR count). The molecule has 1 atom stereocenters. The van der Waals surface area contributed by atoms with Gasteiger partial charge in [0.1, 0.15) is 5.82 Å². The molecule has 0 saturated heterocycles. The number of benzene rings is 2. The third-order valence-corrected chi connectivity index (χ3v) is 3.84. The van der Waals surface area contributed by atoms with Gasteiger partial charge in [-0.15, -0.1) is 0 Å². The van der Waals surface area contributed by atoms with Crippen LogP contribution < -0.4 is 5.73 Å². The Kier molecular flexibility index (Phi) is 5.59. The standard InChI is InChI=1S/C16H17Cl2FN2/c1-21(10-11-4-2-3-5-15(11)19)16(9-20)12-6-13(17)8-14(18)7-12/h2-8,16H,9-10,20H2,1H3. The van der Waals surface area contributed by atoms with Crippen LogP contribution in [0.5, 0.6) is 0 Å². The SMILES string of the molecule is CN(Cc1ccccc1F)C(CN)c1cc(Cl)cc(Cl)c1. The van der Waals surface area contributed by atoms with Crippen molar-refractivity contribution in [3.63, 3.8) is 0 Å². The minimum atomic E-state index is -0.218. The first kappa shape index (κ1) is 16.2. The van der Waals surface area contributed by atoms with Crippen molar-refractivity contribution < 1.29 is 4.39 Å². The Balaban J connectivity index is 2.22. The Morgan fingerprint density at radius 1 is 1.14 bits per heavy atom.